The van der Waals surface area contributed by atoms with Crippen LogP contribution in [0.15, 0.2) is 15.6 Å². The third-order valence-corrected chi connectivity index (χ3v) is 2.86. The fourth-order valence-corrected chi connectivity index (χ4v) is 1.96. The average molecular weight is 183 g/mol. The largest absolute Gasteiger partial charge is 0.453 e. The summed E-state index contributed by atoms with van der Waals surface area (Å²) in [5, 5.41) is 1.05. The third-order valence-electron chi connectivity index (χ3n) is 2.25. The molecule has 0 aromatic carbocycles. The van der Waals surface area contributed by atoms with Crippen molar-refractivity contribution in [3.63, 3.8) is 0 Å². The number of furan rings is 1. The quantitative estimate of drug-likeness (QED) is 0.619. The first-order valence-electron chi connectivity index (χ1n) is 4.13. The van der Waals surface area contributed by atoms with Crippen molar-refractivity contribution in [2.75, 3.05) is 19.8 Å². The molecule has 66 valence electrons. The molecule has 0 atom stereocenters. The molecule has 0 unspecified atom stereocenters. The lowest BCUT2D eigenvalue weighted by Crippen LogP contribution is -2.25. The maximum atomic E-state index is 5.65. The molecular weight excluding hydrogens is 170 g/mol. The molecule has 0 saturated carbocycles. The van der Waals surface area contributed by atoms with E-state index in [1.165, 1.54) is 5.56 Å². The van der Waals surface area contributed by atoms with Crippen LogP contribution in [0.1, 0.15) is 11.3 Å². The molecule has 2 rings (SSSR count). The topological polar surface area (TPSA) is 16.4 Å². The van der Waals surface area contributed by atoms with Crippen LogP contribution in [0.5, 0.6) is 0 Å². The number of hydrogen-bond donors (Lipinski definition) is 0. The molecule has 1 aliphatic heterocycles. The lowest BCUT2D eigenvalue weighted by Gasteiger charge is -2.20. The average Bonchev–Trinajstić information content (AvgIpc) is 2.46. The van der Waals surface area contributed by atoms with Gasteiger partial charge in [-0.2, -0.15) is 0 Å². The Bertz CT molecular complexity index is 282. The summed E-state index contributed by atoms with van der Waals surface area (Å²) in [5.74, 6) is 1.16. The van der Waals surface area contributed by atoms with Crippen LogP contribution in [0, 0.1) is 0 Å². The van der Waals surface area contributed by atoms with Crippen LogP contribution >= 0.6 is 11.8 Å². The molecule has 0 amide bonds. The molecule has 1 aliphatic rings. The minimum atomic E-state index is 0.968. The Kier molecular flexibility index (Phi) is 2.15. The van der Waals surface area contributed by atoms with Gasteiger partial charge in [0.05, 0.1) is 6.54 Å². The van der Waals surface area contributed by atoms with Crippen LogP contribution < -0.4 is 0 Å². The highest BCUT2D eigenvalue weighted by molar-refractivity contribution is 7.98. The summed E-state index contributed by atoms with van der Waals surface area (Å²) in [5.41, 5.74) is 1.40. The van der Waals surface area contributed by atoms with Gasteiger partial charge in [0.25, 0.3) is 0 Å². The van der Waals surface area contributed by atoms with E-state index in [0.717, 1.165) is 30.4 Å². The third kappa shape index (κ3) is 1.39. The van der Waals surface area contributed by atoms with Crippen LogP contribution in [0.25, 0.3) is 0 Å². The Morgan fingerprint density at radius 2 is 2.42 bits per heavy atom. The van der Waals surface area contributed by atoms with Crippen LogP contribution in [-0.4, -0.2) is 24.7 Å². The number of hydrogen-bond acceptors (Lipinski definition) is 3. The summed E-state index contributed by atoms with van der Waals surface area (Å²) in [7, 11) is 2.13. The SMILES string of the molecule is CSc1cc2c(o1)CN(C)CC2. The highest BCUT2D eigenvalue weighted by Crippen LogP contribution is 2.26. The van der Waals surface area contributed by atoms with Crippen LogP contribution in [0.3, 0.4) is 0 Å². The van der Waals surface area contributed by atoms with Crippen LogP contribution in [-0.2, 0) is 13.0 Å². The van der Waals surface area contributed by atoms with Gasteiger partial charge in [0.1, 0.15) is 5.76 Å². The zero-order chi connectivity index (χ0) is 8.55. The van der Waals surface area contributed by atoms with E-state index in [1.54, 1.807) is 11.8 Å². The number of likely N-dealkylation sites (N-methyl/N-ethyl adjacent to an activating group) is 1. The maximum absolute atomic E-state index is 5.65. The standard InChI is InChI=1S/C9H13NOS/c1-10-4-3-7-5-9(12-2)11-8(7)6-10/h5H,3-4,6H2,1-2H3. The molecule has 0 spiro atoms. The second-order valence-electron chi connectivity index (χ2n) is 3.21. The zero-order valence-electron chi connectivity index (χ0n) is 7.46. The van der Waals surface area contributed by atoms with Gasteiger partial charge in [0.15, 0.2) is 5.09 Å². The fraction of sp³-hybridized carbons (Fsp3) is 0.556. The Balaban J connectivity index is 2.28. The van der Waals surface area contributed by atoms with Gasteiger partial charge in [-0.3, -0.25) is 4.90 Å². The maximum Gasteiger partial charge on any atom is 0.160 e. The predicted octanol–water partition coefficient (Wildman–Crippen LogP) is 1.99. The normalized spacial score (nSPS) is 17.8. The van der Waals surface area contributed by atoms with Gasteiger partial charge in [0, 0.05) is 6.54 Å². The fourth-order valence-electron chi connectivity index (χ4n) is 1.52. The van der Waals surface area contributed by atoms with Gasteiger partial charge >= 0.3 is 0 Å². The summed E-state index contributed by atoms with van der Waals surface area (Å²) < 4.78 is 5.65. The lowest BCUT2D eigenvalue weighted by molar-refractivity contribution is 0.267. The zero-order valence-corrected chi connectivity index (χ0v) is 8.28. The van der Waals surface area contributed by atoms with E-state index in [1.807, 2.05) is 6.26 Å². The number of nitrogens with zero attached hydrogens (tertiary/aromatic N) is 1. The van der Waals surface area contributed by atoms with Gasteiger partial charge in [-0.05, 0) is 31.4 Å². The van der Waals surface area contributed by atoms with Crippen molar-refractivity contribution in [1.29, 1.82) is 0 Å². The first kappa shape index (κ1) is 8.20. The van der Waals surface area contributed by atoms with E-state index in [0.29, 0.717) is 0 Å². The Labute approximate surface area is 76.9 Å². The predicted molar refractivity (Wildman–Crippen MR) is 50.5 cm³/mol. The second-order valence-corrected chi connectivity index (χ2v) is 4.02. The first-order valence-corrected chi connectivity index (χ1v) is 5.36. The second kappa shape index (κ2) is 3.15. The van der Waals surface area contributed by atoms with Gasteiger partial charge < -0.3 is 4.42 Å². The molecule has 0 bridgehead atoms. The molecule has 3 heteroatoms. The Hall–Kier alpha value is -0.410. The minimum absolute atomic E-state index is 0.968. The molecule has 0 aliphatic carbocycles. The van der Waals surface area contributed by atoms with Crippen LogP contribution in [0.4, 0.5) is 0 Å². The highest BCUT2D eigenvalue weighted by atomic mass is 32.2. The van der Waals surface area contributed by atoms with Crippen LogP contribution in [0.2, 0.25) is 0 Å². The minimum Gasteiger partial charge on any atom is -0.453 e. The van der Waals surface area contributed by atoms with Crippen molar-refractivity contribution >= 4 is 11.8 Å². The highest BCUT2D eigenvalue weighted by Gasteiger charge is 2.17. The number of rotatable bonds is 1. The molecule has 0 N–H and O–H groups in total. The monoisotopic (exact) mass is 183 g/mol. The van der Waals surface area contributed by atoms with Crippen molar-refractivity contribution in [3.8, 4) is 0 Å². The van der Waals surface area contributed by atoms with Crippen molar-refractivity contribution in [2.24, 2.45) is 0 Å². The summed E-state index contributed by atoms with van der Waals surface area (Å²) in [6.07, 6.45) is 3.18. The van der Waals surface area contributed by atoms with Gasteiger partial charge in [-0.1, -0.05) is 11.8 Å². The van der Waals surface area contributed by atoms with Crippen molar-refractivity contribution in [2.45, 2.75) is 18.1 Å². The Morgan fingerprint density at radius 1 is 1.58 bits per heavy atom. The van der Waals surface area contributed by atoms with E-state index >= 15 is 0 Å². The smallest absolute Gasteiger partial charge is 0.160 e. The van der Waals surface area contributed by atoms with Crippen molar-refractivity contribution in [3.05, 3.63) is 17.4 Å². The van der Waals surface area contributed by atoms with Gasteiger partial charge in [-0.15, -0.1) is 0 Å². The summed E-state index contributed by atoms with van der Waals surface area (Å²) in [4.78, 5) is 2.29. The first-order chi connectivity index (χ1) is 5.79. The Morgan fingerprint density at radius 3 is 3.17 bits per heavy atom. The van der Waals surface area contributed by atoms with E-state index in [9.17, 15) is 0 Å². The van der Waals surface area contributed by atoms with E-state index in [4.69, 9.17) is 4.42 Å². The molecule has 2 heterocycles. The van der Waals surface area contributed by atoms with Crippen molar-refractivity contribution < 1.29 is 4.42 Å². The van der Waals surface area contributed by atoms with Gasteiger partial charge in [0.2, 0.25) is 0 Å². The molecule has 0 fully saturated rings. The molecule has 2 nitrogen and oxygen atoms in total. The molecule has 1 aromatic heterocycles. The van der Waals surface area contributed by atoms with E-state index < -0.39 is 0 Å². The molecule has 0 saturated heterocycles. The number of fused-ring (bicyclic) bond motifs is 1. The number of thioether (sulfide) groups is 1. The van der Waals surface area contributed by atoms with E-state index in [2.05, 4.69) is 18.0 Å². The van der Waals surface area contributed by atoms with E-state index in [-0.39, 0.29) is 0 Å². The van der Waals surface area contributed by atoms with Crippen molar-refractivity contribution in [1.82, 2.24) is 4.90 Å². The lowest BCUT2D eigenvalue weighted by atomic mass is 10.1. The summed E-state index contributed by atoms with van der Waals surface area (Å²) in [6.45, 7) is 2.12. The summed E-state index contributed by atoms with van der Waals surface area (Å²) in [6, 6.07) is 2.17. The summed E-state index contributed by atoms with van der Waals surface area (Å²) >= 11 is 1.68. The molecule has 1 aromatic rings. The molecule has 12 heavy (non-hydrogen) atoms. The van der Waals surface area contributed by atoms with Gasteiger partial charge in [-0.25, -0.2) is 0 Å². The molecule has 0 radical (unpaired) electrons. The molecular formula is C9H13NOS.